The van der Waals surface area contributed by atoms with Crippen LogP contribution in [0.2, 0.25) is 0 Å². The third-order valence-electron chi connectivity index (χ3n) is 3.56. The minimum atomic E-state index is -0.371. The molecular formula is C17H20FN3O2. The van der Waals surface area contributed by atoms with Gasteiger partial charge in [-0.15, -0.1) is 0 Å². The normalized spacial score (nSPS) is 12.0. The van der Waals surface area contributed by atoms with Crippen LogP contribution in [0.4, 0.5) is 4.39 Å². The summed E-state index contributed by atoms with van der Waals surface area (Å²) in [5.74, 6) is -0.269. The molecule has 0 radical (unpaired) electrons. The Morgan fingerprint density at radius 1 is 1.35 bits per heavy atom. The first-order valence-electron chi connectivity index (χ1n) is 7.54. The zero-order valence-corrected chi connectivity index (χ0v) is 13.5. The van der Waals surface area contributed by atoms with Gasteiger partial charge in [0.05, 0.1) is 0 Å². The molecule has 0 aliphatic heterocycles. The lowest BCUT2D eigenvalue weighted by atomic mass is 10.2. The molecule has 1 N–H and O–H groups in total. The largest absolute Gasteiger partial charge is 0.352 e. The maximum absolute atomic E-state index is 13.1. The quantitative estimate of drug-likeness (QED) is 0.920. The SMILES string of the molecule is CC[C@H](C)NC(=O)Cn1c(-c2ccc(F)cc2)nc(C)cc1=O. The number of hydrogen-bond donors (Lipinski definition) is 1. The number of amides is 1. The number of aryl methyl sites for hydroxylation is 1. The smallest absolute Gasteiger partial charge is 0.254 e. The molecule has 0 unspecified atom stereocenters. The summed E-state index contributed by atoms with van der Waals surface area (Å²) in [5.41, 5.74) is 0.826. The Kier molecular flexibility index (Phi) is 5.26. The van der Waals surface area contributed by atoms with Crippen LogP contribution >= 0.6 is 0 Å². The monoisotopic (exact) mass is 317 g/mol. The number of carbonyl (C=O) groups excluding carboxylic acids is 1. The number of halogens is 1. The van der Waals surface area contributed by atoms with E-state index in [1.165, 1.54) is 22.8 Å². The zero-order chi connectivity index (χ0) is 17.0. The molecule has 1 aromatic heterocycles. The minimum Gasteiger partial charge on any atom is -0.352 e. The fourth-order valence-electron chi connectivity index (χ4n) is 2.16. The fourth-order valence-corrected chi connectivity index (χ4v) is 2.16. The number of nitrogens with one attached hydrogen (secondary N) is 1. The molecule has 1 aromatic carbocycles. The molecule has 23 heavy (non-hydrogen) atoms. The molecule has 0 spiro atoms. The van der Waals surface area contributed by atoms with Crippen molar-refractivity contribution in [1.82, 2.24) is 14.9 Å². The third-order valence-corrected chi connectivity index (χ3v) is 3.56. The van der Waals surface area contributed by atoms with Crippen LogP contribution in [-0.4, -0.2) is 21.5 Å². The van der Waals surface area contributed by atoms with Gasteiger partial charge in [-0.25, -0.2) is 9.37 Å². The van der Waals surface area contributed by atoms with Crippen LogP contribution in [0.1, 0.15) is 26.0 Å². The molecule has 122 valence electrons. The van der Waals surface area contributed by atoms with Crippen molar-refractivity contribution in [2.75, 3.05) is 0 Å². The van der Waals surface area contributed by atoms with Gasteiger partial charge in [-0.05, 0) is 44.5 Å². The van der Waals surface area contributed by atoms with E-state index in [0.717, 1.165) is 6.42 Å². The van der Waals surface area contributed by atoms with Crippen LogP contribution in [0.3, 0.4) is 0 Å². The summed E-state index contributed by atoms with van der Waals surface area (Å²) in [6, 6.07) is 7.09. The van der Waals surface area contributed by atoms with Gasteiger partial charge < -0.3 is 5.32 Å². The van der Waals surface area contributed by atoms with E-state index in [4.69, 9.17) is 0 Å². The molecule has 6 heteroatoms. The van der Waals surface area contributed by atoms with Crippen molar-refractivity contribution in [3.05, 3.63) is 52.2 Å². The van der Waals surface area contributed by atoms with Crippen LogP contribution in [-0.2, 0) is 11.3 Å². The molecule has 2 aromatic rings. The number of carbonyl (C=O) groups is 1. The second-order valence-corrected chi connectivity index (χ2v) is 5.53. The summed E-state index contributed by atoms with van der Waals surface area (Å²) in [6.07, 6.45) is 0.803. The molecule has 0 aliphatic carbocycles. The maximum atomic E-state index is 13.1. The van der Waals surface area contributed by atoms with Gasteiger partial charge in [-0.1, -0.05) is 6.92 Å². The van der Waals surface area contributed by atoms with Gasteiger partial charge in [0.1, 0.15) is 18.2 Å². The molecule has 0 bridgehead atoms. The van der Waals surface area contributed by atoms with Gasteiger partial charge in [0.25, 0.3) is 5.56 Å². The van der Waals surface area contributed by atoms with E-state index in [2.05, 4.69) is 10.3 Å². The second-order valence-electron chi connectivity index (χ2n) is 5.53. The van der Waals surface area contributed by atoms with E-state index in [1.807, 2.05) is 13.8 Å². The summed E-state index contributed by atoms with van der Waals surface area (Å²) in [4.78, 5) is 28.7. The average molecular weight is 317 g/mol. The molecule has 0 fully saturated rings. The average Bonchev–Trinajstić information content (AvgIpc) is 2.50. The fraction of sp³-hybridized carbons (Fsp3) is 0.353. The highest BCUT2D eigenvalue weighted by molar-refractivity contribution is 5.76. The van der Waals surface area contributed by atoms with Crippen molar-refractivity contribution >= 4 is 5.91 Å². The lowest BCUT2D eigenvalue weighted by molar-refractivity contribution is -0.122. The van der Waals surface area contributed by atoms with E-state index in [9.17, 15) is 14.0 Å². The van der Waals surface area contributed by atoms with Crippen LogP contribution in [0, 0.1) is 12.7 Å². The first kappa shape index (κ1) is 16.9. The van der Waals surface area contributed by atoms with E-state index < -0.39 is 0 Å². The van der Waals surface area contributed by atoms with Crippen molar-refractivity contribution in [2.45, 2.75) is 39.8 Å². The number of aromatic nitrogens is 2. The first-order chi connectivity index (χ1) is 10.9. The highest BCUT2D eigenvalue weighted by atomic mass is 19.1. The van der Waals surface area contributed by atoms with Gasteiger partial charge in [-0.2, -0.15) is 0 Å². The summed E-state index contributed by atoms with van der Waals surface area (Å²) < 4.78 is 14.4. The Bertz CT molecular complexity index is 753. The Labute approximate surface area is 134 Å². The van der Waals surface area contributed by atoms with Gasteiger partial charge in [0.2, 0.25) is 5.91 Å². The summed E-state index contributed by atoms with van der Waals surface area (Å²) in [5, 5.41) is 2.82. The molecule has 1 amide bonds. The van der Waals surface area contributed by atoms with Crippen LogP contribution in [0.15, 0.2) is 35.1 Å². The number of hydrogen-bond acceptors (Lipinski definition) is 3. The van der Waals surface area contributed by atoms with Crippen molar-refractivity contribution in [1.29, 1.82) is 0 Å². The summed E-state index contributed by atoms with van der Waals surface area (Å²) >= 11 is 0. The molecule has 0 saturated carbocycles. The topological polar surface area (TPSA) is 64.0 Å². The summed E-state index contributed by atoms with van der Waals surface area (Å²) in [7, 11) is 0. The minimum absolute atomic E-state index is 0.0332. The highest BCUT2D eigenvalue weighted by Crippen LogP contribution is 2.16. The predicted molar refractivity (Wildman–Crippen MR) is 86.5 cm³/mol. The van der Waals surface area contributed by atoms with E-state index >= 15 is 0 Å². The molecule has 5 nitrogen and oxygen atoms in total. The van der Waals surface area contributed by atoms with Gasteiger partial charge in [0, 0.05) is 23.4 Å². The molecule has 0 aliphatic rings. The summed E-state index contributed by atoms with van der Waals surface area (Å²) in [6.45, 7) is 5.45. The molecule has 2 rings (SSSR count). The molecule has 1 atom stereocenters. The van der Waals surface area contributed by atoms with Crippen molar-refractivity contribution < 1.29 is 9.18 Å². The van der Waals surface area contributed by atoms with E-state index in [-0.39, 0.29) is 29.9 Å². The molecule has 0 saturated heterocycles. The lowest BCUT2D eigenvalue weighted by Crippen LogP contribution is -2.37. The van der Waals surface area contributed by atoms with E-state index in [0.29, 0.717) is 17.1 Å². The predicted octanol–water partition coefficient (Wildman–Crippen LogP) is 2.27. The van der Waals surface area contributed by atoms with Crippen molar-refractivity contribution in [2.24, 2.45) is 0 Å². The van der Waals surface area contributed by atoms with Crippen LogP contribution in [0.25, 0.3) is 11.4 Å². The first-order valence-corrected chi connectivity index (χ1v) is 7.54. The Morgan fingerprint density at radius 3 is 2.61 bits per heavy atom. The van der Waals surface area contributed by atoms with Crippen molar-refractivity contribution in [3.63, 3.8) is 0 Å². The Balaban J connectivity index is 2.40. The van der Waals surface area contributed by atoms with Gasteiger partial charge in [-0.3, -0.25) is 14.2 Å². The van der Waals surface area contributed by atoms with Crippen LogP contribution < -0.4 is 10.9 Å². The number of benzene rings is 1. The standard InChI is InChI=1S/C17H20FN3O2/c1-4-11(2)19-15(22)10-21-16(23)9-12(3)20-17(21)13-5-7-14(18)8-6-13/h5-9,11H,4,10H2,1-3H3,(H,19,22)/t11-/m0/s1. The second kappa shape index (κ2) is 7.17. The molecule has 1 heterocycles. The van der Waals surface area contributed by atoms with Gasteiger partial charge >= 0.3 is 0 Å². The number of nitrogens with zero attached hydrogens (tertiary/aromatic N) is 2. The Morgan fingerprint density at radius 2 is 2.00 bits per heavy atom. The number of rotatable bonds is 5. The van der Waals surface area contributed by atoms with Crippen molar-refractivity contribution in [3.8, 4) is 11.4 Å². The Hall–Kier alpha value is -2.50. The lowest BCUT2D eigenvalue weighted by Gasteiger charge is -2.15. The zero-order valence-electron chi connectivity index (χ0n) is 13.5. The third kappa shape index (κ3) is 4.25. The highest BCUT2D eigenvalue weighted by Gasteiger charge is 2.14. The van der Waals surface area contributed by atoms with Crippen LogP contribution in [0.5, 0.6) is 0 Å². The molecular weight excluding hydrogens is 297 g/mol. The maximum Gasteiger partial charge on any atom is 0.254 e. The van der Waals surface area contributed by atoms with E-state index in [1.54, 1.807) is 19.1 Å². The van der Waals surface area contributed by atoms with Gasteiger partial charge in [0.15, 0.2) is 0 Å².